The zero-order chi connectivity index (χ0) is 39.7. The van der Waals surface area contributed by atoms with Gasteiger partial charge in [0.25, 0.3) is 0 Å². The predicted octanol–water partition coefficient (Wildman–Crippen LogP) is 5.55. The van der Waals surface area contributed by atoms with Crippen LogP contribution < -0.4 is 14.2 Å². The Hall–Kier alpha value is -4.78. The van der Waals surface area contributed by atoms with Gasteiger partial charge in [0.2, 0.25) is 27.7 Å². The molecule has 5 atom stereocenters. The molecule has 294 valence electrons. The van der Waals surface area contributed by atoms with Crippen molar-refractivity contribution in [2.45, 2.75) is 77.9 Å². The third-order valence-corrected chi connectivity index (χ3v) is 11.9. The van der Waals surface area contributed by atoms with Crippen molar-refractivity contribution in [2.75, 3.05) is 33.0 Å². The number of hydrogen-bond donors (Lipinski definition) is 1. The number of pyridine rings is 1. The highest BCUT2D eigenvalue weighted by atomic mass is 32.2. The number of carbonyl (C=O) groups excluding carboxylic acids is 4. The molecule has 12 nitrogen and oxygen atoms in total. The molecule has 13 heteroatoms. The summed E-state index contributed by atoms with van der Waals surface area (Å²) < 4.78 is 38.4. The number of likely N-dealkylation sites (tertiary alicyclic amines) is 2. The van der Waals surface area contributed by atoms with Crippen LogP contribution in [0.5, 0.6) is 11.5 Å². The van der Waals surface area contributed by atoms with E-state index in [1.807, 2.05) is 80.3 Å². The molecule has 3 heterocycles. The smallest absolute Gasteiger partial charge is 0.240 e. The molecule has 2 aromatic carbocycles. The van der Waals surface area contributed by atoms with E-state index in [2.05, 4.69) is 11.3 Å². The predicted molar refractivity (Wildman–Crippen MR) is 210 cm³/mol. The SMILES string of the molecule is C=C[C@@H]1C[C@]1(CC(=O)[C@@H]1C[C@@H](Oc2cc(-c3ccccc3)nc3cc(OC)ccc23)CN1C(=O)[C@@H](CC(=O)N1CCCCC1)C(C)(C)C)C(=O)NS(C)(=O)=O. The summed E-state index contributed by atoms with van der Waals surface area (Å²) in [6.45, 7) is 11.0. The number of Topliss-reactive ketones (excluding diaryl/α,β-unsaturated/α-hetero) is 1. The average molecular weight is 773 g/mol. The van der Waals surface area contributed by atoms with Gasteiger partial charge < -0.3 is 19.3 Å². The van der Waals surface area contributed by atoms with Crippen molar-refractivity contribution in [2.24, 2.45) is 22.7 Å². The fraction of sp³-hybridized carbons (Fsp3) is 0.500. The largest absolute Gasteiger partial charge is 0.497 e. The van der Waals surface area contributed by atoms with Crippen LogP contribution in [-0.2, 0) is 29.2 Å². The number of sulfonamides is 1. The van der Waals surface area contributed by atoms with E-state index < -0.39 is 50.7 Å². The maximum Gasteiger partial charge on any atom is 0.240 e. The van der Waals surface area contributed by atoms with Crippen molar-refractivity contribution in [1.82, 2.24) is 19.5 Å². The third kappa shape index (κ3) is 8.87. The van der Waals surface area contributed by atoms with Crippen LogP contribution in [0.15, 0.2) is 67.3 Å². The van der Waals surface area contributed by atoms with Crippen molar-refractivity contribution in [3.8, 4) is 22.8 Å². The van der Waals surface area contributed by atoms with Gasteiger partial charge in [-0.3, -0.25) is 23.9 Å². The van der Waals surface area contributed by atoms with E-state index in [4.69, 9.17) is 14.5 Å². The topological polar surface area (TPSA) is 152 Å². The molecule has 1 N–H and O–H groups in total. The first-order chi connectivity index (χ1) is 26.0. The lowest BCUT2D eigenvalue weighted by Crippen LogP contribution is -2.49. The van der Waals surface area contributed by atoms with Crippen molar-refractivity contribution in [3.05, 3.63) is 67.3 Å². The van der Waals surface area contributed by atoms with Crippen LogP contribution in [0, 0.1) is 22.7 Å². The van der Waals surface area contributed by atoms with E-state index >= 15 is 0 Å². The quantitative estimate of drug-likeness (QED) is 0.221. The van der Waals surface area contributed by atoms with Gasteiger partial charge in [-0.2, -0.15) is 0 Å². The standard InChI is InChI=1S/C42H52N4O8S/c1-7-28-24-42(28,40(50)44-55(6,51)52)25-36(47)35-21-30(26-46(35)39(49)32(41(2,3)4)22-38(48)45-18-12-9-13-19-45)54-37-23-33(27-14-10-8-11-15-27)43-34-20-29(53-5)16-17-31(34)37/h7-8,10-11,14-17,20,23,28,30,32,35H,1,9,12-13,18-19,21-22,24-26H2,2-6H3,(H,44,50)/t28-,30-,32-,35+,42-/m1/s1. The molecule has 0 spiro atoms. The molecular formula is C42H52N4O8S. The Balaban J connectivity index is 1.35. The molecule has 1 aliphatic carbocycles. The van der Waals surface area contributed by atoms with Crippen molar-refractivity contribution < 1.29 is 37.1 Å². The first-order valence-electron chi connectivity index (χ1n) is 19.0. The van der Waals surface area contributed by atoms with Gasteiger partial charge in [-0.15, -0.1) is 6.58 Å². The Labute approximate surface area is 323 Å². The number of nitrogens with one attached hydrogen (secondary N) is 1. The highest BCUT2D eigenvalue weighted by Gasteiger charge is 2.61. The number of allylic oxidation sites excluding steroid dienone is 1. The van der Waals surface area contributed by atoms with Gasteiger partial charge >= 0.3 is 0 Å². The summed E-state index contributed by atoms with van der Waals surface area (Å²) in [5.41, 5.74) is 0.261. The van der Waals surface area contributed by atoms with Crippen LogP contribution in [0.2, 0.25) is 0 Å². The number of aromatic nitrogens is 1. The van der Waals surface area contributed by atoms with Crippen LogP contribution >= 0.6 is 0 Å². The summed E-state index contributed by atoms with van der Waals surface area (Å²) in [6, 6.07) is 16.0. The van der Waals surface area contributed by atoms with E-state index in [0.29, 0.717) is 35.8 Å². The van der Waals surface area contributed by atoms with Gasteiger partial charge in [-0.1, -0.05) is 57.2 Å². The Morgan fingerprint density at radius 3 is 2.38 bits per heavy atom. The van der Waals surface area contributed by atoms with Gasteiger partial charge in [-0.05, 0) is 49.1 Å². The van der Waals surface area contributed by atoms with Crippen LogP contribution in [0.25, 0.3) is 22.2 Å². The highest BCUT2D eigenvalue weighted by molar-refractivity contribution is 7.89. The summed E-state index contributed by atoms with van der Waals surface area (Å²) in [4.78, 5) is 64.5. The molecule has 3 amide bonds. The molecule has 1 aromatic heterocycles. The lowest BCUT2D eigenvalue weighted by molar-refractivity contribution is -0.148. The van der Waals surface area contributed by atoms with Crippen molar-refractivity contribution in [3.63, 3.8) is 0 Å². The Bertz CT molecular complexity index is 2080. The van der Waals surface area contributed by atoms with Crippen molar-refractivity contribution in [1.29, 1.82) is 0 Å². The number of amides is 3. The summed E-state index contributed by atoms with van der Waals surface area (Å²) in [7, 11) is -2.31. The van der Waals surface area contributed by atoms with E-state index in [1.54, 1.807) is 13.2 Å². The fourth-order valence-corrected chi connectivity index (χ4v) is 8.61. The number of rotatable bonds is 13. The molecule has 2 aliphatic heterocycles. The van der Waals surface area contributed by atoms with Gasteiger partial charge in [0.15, 0.2) is 5.78 Å². The lowest BCUT2D eigenvalue weighted by atomic mass is 9.77. The molecule has 0 radical (unpaired) electrons. The molecule has 3 aromatic rings. The van der Waals surface area contributed by atoms with Crippen LogP contribution in [0.1, 0.15) is 65.7 Å². The Morgan fingerprint density at radius 1 is 1.05 bits per heavy atom. The number of hydrogen-bond acceptors (Lipinski definition) is 9. The monoisotopic (exact) mass is 772 g/mol. The summed E-state index contributed by atoms with van der Waals surface area (Å²) in [5, 5.41) is 0.719. The van der Waals surface area contributed by atoms with Gasteiger partial charge in [-0.25, -0.2) is 13.4 Å². The van der Waals surface area contributed by atoms with Crippen LogP contribution in [0.3, 0.4) is 0 Å². The third-order valence-electron chi connectivity index (χ3n) is 11.3. The summed E-state index contributed by atoms with van der Waals surface area (Å²) in [5.74, 6) is -1.56. The second-order valence-electron chi connectivity index (χ2n) is 16.3. The normalized spacial score (nSPS) is 23.2. The average Bonchev–Trinajstić information content (AvgIpc) is 3.71. The number of piperidine rings is 1. The molecule has 1 saturated carbocycles. The molecule has 3 aliphatic rings. The minimum Gasteiger partial charge on any atom is -0.497 e. The molecular weight excluding hydrogens is 721 g/mol. The minimum absolute atomic E-state index is 0.00176. The zero-order valence-corrected chi connectivity index (χ0v) is 33.2. The van der Waals surface area contributed by atoms with Crippen LogP contribution in [0.4, 0.5) is 0 Å². The summed E-state index contributed by atoms with van der Waals surface area (Å²) in [6.07, 6.45) is 4.83. The summed E-state index contributed by atoms with van der Waals surface area (Å²) >= 11 is 0. The molecule has 6 rings (SSSR count). The minimum atomic E-state index is -3.89. The Kier molecular flexibility index (Phi) is 11.4. The number of fused-ring (bicyclic) bond motifs is 1. The zero-order valence-electron chi connectivity index (χ0n) is 32.4. The van der Waals surface area contributed by atoms with E-state index in [0.717, 1.165) is 36.5 Å². The molecule has 55 heavy (non-hydrogen) atoms. The van der Waals surface area contributed by atoms with Crippen LogP contribution in [-0.4, -0.2) is 91.9 Å². The number of ketones is 1. The molecule has 2 saturated heterocycles. The first kappa shape index (κ1) is 39.9. The first-order valence-corrected chi connectivity index (χ1v) is 20.9. The van der Waals surface area contributed by atoms with E-state index in [9.17, 15) is 27.6 Å². The molecule has 3 fully saturated rings. The maximum absolute atomic E-state index is 14.8. The van der Waals surface area contributed by atoms with Gasteiger partial charge in [0.1, 0.15) is 17.6 Å². The van der Waals surface area contributed by atoms with Crippen molar-refractivity contribution >= 4 is 44.4 Å². The van der Waals surface area contributed by atoms with E-state index in [-0.39, 0.29) is 49.8 Å². The highest BCUT2D eigenvalue weighted by Crippen LogP contribution is 2.57. The fourth-order valence-electron chi connectivity index (χ4n) is 8.07. The number of methoxy groups -OCH3 is 1. The van der Waals surface area contributed by atoms with Gasteiger partial charge in [0, 0.05) is 55.4 Å². The second kappa shape index (κ2) is 15.8. The van der Waals surface area contributed by atoms with Gasteiger partial charge in [0.05, 0.1) is 48.5 Å². The lowest BCUT2D eigenvalue weighted by Gasteiger charge is -2.36. The second-order valence-corrected chi connectivity index (χ2v) is 18.1. The number of ether oxygens (including phenoxy) is 2. The Morgan fingerprint density at radius 2 is 1.76 bits per heavy atom. The maximum atomic E-state index is 14.8. The molecule has 0 bridgehead atoms. The van der Waals surface area contributed by atoms with E-state index in [1.165, 1.54) is 4.90 Å². The molecule has 0 unspecified atom stereocenters. The number of nitrogens with zero attached hydrogens (tertiary/aromatic N) is 3. The number of carbonyl (C=O) groups is 4. The number of benzene rings is 2.